The van der Waals surface area contributed by atoms with Crippen LogP contribution >= 0.6 is 0 Å². The average Bonchev–Trinajstić information content (AvgIpc) is 2.69. The molecule has 4 heteroatoms. The number of aryl methyl sites for hydroxylation is 1. The van der Waals surface area contributed by atoms with Gasteiger partial charge in [0.15, 0.2) is 0 Å². The van der Waals surface area contributed by atoms with Crippen LogP contribution in [0.25, 0.3) is 10.9 Å². The highest BCUT2D eigenvalue weighted by atomic mass is 16.5. The summed E-state index contributed by atoms with van der Waals surface area (Å²) in [6.07, 6.45) is 2.07. The molecule has 0 saturated heterocycles. The Hall–Kier alpha value is -1.97. The van der Waals surface area contributed by atoms with Crippen molar-refractivity contribution < 1.29 is 14.6 Å². The molecule has 102 valence electrons. The van der Waals surface area contributed by atoms with Gasteiger partial charge in [0.05, 0.1) is 19.0 Å². The maximum atomic E-state index is 11.0. The van der Waals surface area contributed by atoms with Crippen LogP contribution in [0.15, 0.2) is 24.4 Å². The van der Waals surface area contributed by atoms with Gasteiger partial charge in [-0.25, -0.2) is 0 Å². The molecule has 0 radical (unpaired) electrons. The zero-order valence-electron chi connectivity index (χ0n) is 11.7. The van der Waals surface area contributed by atoms with Gasteiger partial charge in [-0.3, -0.25) is 4.79 Å². The Kier molecular flexibility index (Phi) is 3.27. The molecule has 0 unspecified atom stereocenters. The molecule has 0 aliphatic rings. The van der Waals surface area contributed by atoms with E-state index < -0.39 is 11.4 Å². The van der Waals surface area contributed by atoms with Crippen LogP contribution in [0.2, 0.25) is 0 Å². The molecule has 0 spiro atoms. The SMILES string of the molecule is COc1ccc(C(C)(C)CC(=O)O)c2ccn(C)c12. The molecule has 2 aromatic rings. The highest BCUT2D eigenvalue weighted by Crippen LogP contribution is 2.37. The van der Waals surface area contributed by atoms with Crippen LogP contribution in [-0.4, -0.2) is 22.8 Å². The van der Waals surface area contributed by atoms with Crippen LogP contribution < -0.4 is 4.74 Å². The number of benzene rings is 1. The van der Waals surface area contributed by atoms with Crippen molar-refractivity contribution >= 4 is 16.9 Å². The summed E-state index contributed by atoms with van der Waals surface area (Å²) in [5.74, 6) is 0.0160. The largest absolute Gasteiger partial charge is 0.495 e. The first-order valence-corrected chi connectivity index (χ1v) is 6.21. The van der Waals surface area contributed by atoms with Crippen LogP contribution in [0, 0.1) is 0 Å². The fraction of sp³-hybridized carbons (Fsp3) is 0.400. The molecule has 19 heavy (non-hydrogen) atoms. The third kappa shape index (κ3) is 2.30. The monoisotopic (exact) mass is 261 g/mol. The fourth-order valence-electron chi connectivity index (χ4n) is 2.61. The molecule has 1 aromatic carbocycles. The third-order valence-electron chi connectivity index (χ3n) is 3.54. The number of hydrogen-bond donors (Lipinski definition) is 1. The van der Waals surface area contributed by atoms with Gasteiger partial charge in [0.1, 0.15) is 5.75 Å². The molecule has 0 aliphatic carbocycles. The van der Waals surface area contributed by atoms with Crippen molar-refractivity contribution in [1.82, 2.24) is 4.57 Å². The molecule has 1 aromatic heterocycles. The number of ether oxygens (including phenoxy) is 1. The van der Waals surface area contributed by atoms with Crippen molar-refractivity contribution in [3.8, 4) is 5.75 Å². The summed E-state index contributed by atoms with van der Waals surface area (Å²) in [5, 5.41) is 10.1. The van der Waals surface area contributed by atoms with Crippen LogP contribution in [0.3, 0.4) is 0 Å². The van der Waals surface area contributed by atoms with Gasteiger partial charge >= 0.3 is 5.97 Å². The molecule has 0 saturated carbocycles. The lowest BCUT2D eigenvalue weighted by atomic mass is 9.80. The van der Waals surface area contributed by atoms with Gasteiger partial charge in [-0.2, -0.15) is 0 Å². The lowest BCUT2D eigenvalue weighted by Gasteiger charge is -2.24. The second kappa shape index (κ2) is 4.61. The summed E-state index contributed by atoms with van der Waals surface area (Å²) in [6.45, 7) is 3.91. The number of rotatable bonds is 4. The minimum atomic E-state index is -0.787. The molecule has 0 amide bonds. The Bertz CT molecular complexity index is 626. The number of fused-ring (bicyclic) bond motifs is 1. The Morgan fingerprint density at radius 1 is 1.37 bits per heavy atom. The number of aliphatic carboxylic acids is 1. The summed E-state index contributed by atoms with van der Waals surface area (Å²) in [5.41, 5.74) is 1.61. The Morgan fingerprint density at radius 2 is 2.05 bits per heavy atom. The van der Waals surface area contributed by atoms with E-state index in [4.69, 9.17) is 9.84 Å². The molecule has 0 atom stereocenters. The molecule has 0 fully saturated rings. The number of carboxylic acid groups (broad SMARTS) is 1. The summed E-state index contributed by atoms with van der Waals surface area (Å²) >= 11 is 0. The van der Waals surface area contributed by atoms with Crippen molar-refractivity contribution in [2.75, 3.05) is 7.11 Å². The molecular weight excluding hydrogens is 242 g/mol. The number of nitrogens with zero attached hydrogens (tertiary/aromatic N) is 1. The molecule has 0 aliphatic heterocycles. The maximum absolute atomic E-state index is 11.0. The number of hydrogen-bond acceptors (Lipinski definition) is 2. The van der Waals surface area contributed by atoms with E-state index in [0.29, 0.717) is 0 Å². The van der Waals surface area contributed by atoms with Crippen LogP contribution in [0.5, 0.6) is 5.75 Å². The molecule has 4 nitrogen and oxygen atoms in total. The van der Waals surface area contributed by atoms with Crippen molar-refractivity contribution in [2.45, 2.75) is 25.7 Å². The van der Waals surface area contributed by atoms with Gasteiger partial charge < -0.3 is 14.4 Å². The van der Waals surface area contributed by atoms with Gasteiger partial charge in [0, 0.05) is 24.0 Å². The van der Waals surface area contributed by atoms with E-state index in [9.17, 15) is 4.79 Å². The first-order chi connectivity index (χ1) is 8.86. The fourth-order valence-corrected chi connectivity index (χ4v) is 2.61. The molecule has 0 bridgehead atoms. The zero-order chi connectivity index (χ0) is 14.2. The maximum Gasteiger partial charge on any atom is 0.304 e. The first kappa shape index (κ1) is 13.5. The van der Waals surface area contributed by atoms with Gasteiger partial charge in [0.25, 0.3) is 0 Å². The van der Waals surface area contributed by atoms with Crippen molar-refractivity contribution in [1.29, 1.82) is 0 Å². The van der Waals surface area contributed by atoms with E-state index in [1.54, 1.807) is 7.11 Å². The molecule has 1 heterocycles. The normalized spacial score (nSPS) is 11.8. The lowest BCUT2D eigenvalue weighted by molar-refractivity contribution is -0.138. The van der Waals surface area contributed by atoms with Crippen molar-refractivity contribution in [3.63, 3.8) is 0 Å². The van der Waals surface area contributed by atoms with Gasteiger partial charge in [-0.05, 0) is 17.7 Å². The number of carboxylic acids is 1. The van der Waals surface area contributed by atoms with E-state index in [1.807, 2.05) is 49.9 Å². The Morgan fingerprint density at radius 3 is 2.63 bits per heavy atom. The van der Waals surface area contributed by atoms with E-state index >= 15 is 0 Å². The smallest absolute Gasteiger partial charge is 0.304 e. The van der Waals surface area contributed by atoms with E-state index in [0.717, 1.165) is 22.2 Å². The van der Waals surface area contributed by atoms with Crippen molar-refractivity contribution in [2.24, 2.45) is 7.05 Å². The van der Waals surface area contributed by atoms with E-state index in [-0.39, 0.29) is 6.42 Å². The zero-order valence-corrected chi connectivity index (χ0v) is 11.7. The quantitative estimate of drug-likeness (QED) is 0.920. The second-order valence-corrected chi connectivity index (χ2v) is 5.46. The highest BCUT2D eigenvalue weighted by molar-refractivity contribution is 5.90. The Balaban J connectivity index is 2.66. The minimum absolute atomic E-state index is 0.101. The molecular formula is C15H19NO3. The van der Waals surface area contributed by atoms with Crippen LogP contribution in [-0.2, 0) is 17.3 Å². The topological polar surface area (TPSA) is 51.5 Å². The van der Waals surface area contributed by atoms with E-state index in [1.165, 1.54) is 0 Å². The highest BCUT2D eigenvalue weighted by Gasteiger charge is 2.27. The van der Waals surface area contributed by atoms with Crippen molar-refractivity contribution in [3.05, 3.63) is 30.0 Å². The van der Waals surface area contributed by atoms with Crippen LogP contribution in [0.4, 0.5) is 0 Å². The predicted molar refractivity (Wildman–Crippen MR) is 74.7 cm³/mol. The standard InChI is InChI=1S/C15H19NO3/c1-15(2,9-13(17)18)11-5-6-12(19-4)14-10(11)7-8-16(14)3/h5-8H,9H2,1-4H3,(H,17,18). The minimum Gasteiger partial charge on any atom is -0.495 e. The average molecular weight is 261 g/mol. The number of carbonyl (C=O) groups is 1. The predicted octanol–water partition coefficient (Wildman–Crippen LogP) is 2.94. The molecule has 1 N–H and O–H groups in total. The number of methoxy groups -OCH3 is 1. The van der Waals surface area contributed by atoms with Gasteiger partial charge in [-0.15, -0.1) is 0 Å². The molecule has 2 rings (SSSR count). The second-order valence-electron chi connectivity index (χ2n) is 5.46. The summed E-state index contributed by atoms with van der Waals surface area (Å²) < 4.78 is 7.37. The summed E-state index contributed by atoms with van der Waals surface area (Å²) in [7, 11) is 3.60. The number of aromatic nitrogens is 1. The van der Waals surface area contributed by atoms with Gasteiger partial charge in [-0.1, -0.05) is 19.9 Å². The third-order valence-corrected chi connectivity index (χ3v) is 3.54. The Labute approximate surface area is 112 Å². The summed E-state index contributed by atoms with van der Waals surface area (Å²) in [4.78, 5) is 11.0. The van der Waals surface area contributed by atoms with Gasteiger partial charge in [0.2, 0.25) is 0 Å². The first-order valence-electron chi connectivity index (χ1n) is 6.21. The summed E-state index contributed by atoms with van der Waals surface area (Å²) in [6, 6.07) is 5.88. The lowest BCUT2D eigenvalue weighted by Crippen LogP contribution is -2.22. The van der Waals surface area contributed by atoms with E-state index in [2.05, 4.69) is 0 Å². The van der Waals surface area contributed by atoms with Crippen LogP contribution in [0.1, 0.15) is 25.8 Å².